The van der Waals surface area contributed by atoms with Crippen molar-refractivity contribution in [2.24, 2.45) is 5.92 Å². The summed E-state index contributed by atoms with van der Waals surface area (Å²) >= 11 is 0. The first-order chi connectivity index (χ1) is 16.0. The van der Waals surface area contributed by atoms with Crippen LogP contribution in [0.3, 0.4) is 0 Å². The lowest BCUT2D eigenvalue weighted by Gasteiger charge is -2.37. The number of aromatic nitrogens is 1. The summed E-state index contributed by atoms with van der Waals surface area (Å²) in [5.41, 5.74) is 1.60. The molecule has 3 atom stereocenters. The Bertz CT molecular complexity index is 1090. The zero-order valence-electron chi connectivity index (χ0n) is 20.4. The van der Waals surface area contributed by atoms with Crippen LogP contribution in [0, 0.1) is 5.92 Å². The van der Waals surface area contributed by atoms with Gasteiger partial charge in [0.2, 0.25) is 15.9 Å². The Balaban J connectivity index is 2.06. The summed E-state index contributed by atoms with van der Waals surface area (Å²) in [4.78, 5) is 20.2. The fourth-order valence-corrected chi connectivity index (χ4v) is 5.75. The lowest BCUT2D eigenvalue weighted by atomic mass is 10.0. The fraction of sp³-hybridized carbons (Fsp3) is 0.500. The molecule has 1 aliphatic heterocycles. The molecule has 0 saturated heterocycles. The van der Waals surface area contributed by atoms with Gasteiger partial charge >= 0.3 is 0 Å². The van der Waals surface area contributed by atoms with Crippen LogP contribution in [0.15, 0.2) is 47.6 Å². The van der Waals surface area contributed by atoms with E-state index in [1.165, 1.54) is 10.4 Å². The van der Waals surface area contributed by atoms with E-state index in [4.69, 9.17) is 4.74 Å². The maximum atomic E-state index is 13.6. The summed E-state index contributed by atoms with van der Waals surface area (Å²) in [6.45, 7) is 4.00. The molecule has 1 amide bonds. The standard InChI is InChI=1S/C24H34N4O5S/c1-17-13-28(18(2)16-29)34(31,32)23-9-8-19(20-7-6-10-25-12-20)11-21(23)33-22(17)14-27(5)24(30)15-26(3)4/h6-12,17-18,22,29H,13-16H2,1-5H3/t17-,18-,22+/m1/s1. The smallest absolute Gasteiger partial charge is 0.247 e. The molecule has 1 aromatic carbocycles. The predicted octanol–water partition coefficient (Wildman–Crippen LogP) is 1.54. The van der Waals surface area contributed by atoms with E-state index in [9.17, 15) is 18.3 Å². The molecular weight excluding hydrogens is 456 g/mol. The van der Waals surface area contributed by atoms with Crippen molar-refractivity contribution in [2.45, 2.75) is 30.9 Å². The molecule has 3 rings (SSSR count). The Morgan fingerprint density at radius 1 is 1.26 bits per heavy atom. The topological polar surface area (TPSA) is 103 Å². The van der Waals surface area contributed by atoms with Gasteiger partial charge in [-0.25, -0.2) is 8.42 Å². The van der Waals surface area contributed by atoms with E-state index in [2.05, 4.69) is 4.98 Å². The summed E-state index contributed by atoms with van der Waals surface area (Å²) in [6, 6.07) is 8.07. The summed E-state index contributed by atoms with van der Waals surface area (Å²) in [7, 11) is 1.45. The number of carbonyl (C=O) groups excluding carboxylic acids is 1. The van der Waals surface area contributed by atoms with Crippen molar-refractivity contribution in [2.75, 3.05) is 47.4 Å². The van der Waals surface area contributed by atoms with Gasteiger partial charge in [-0.1, -0.05) is 19.1 Å². The number of amides is 1. The summed E-state index contributed by atoms with van der Waals surface area (Å²) in [5.74, 6) is -0.0736. The van der Waals surface area contributed by atoms with Gasteiger partial charge in [-0.3, -0.25) is 9.78 Å². The summed E-state index contributed by atoms with van der Waals surface area (Å²) in [5, 5.41) is 9.77. The number of sulfonamides is 1. The van der Waals surface area contributed by atoms with Crippen LogP contribution in [0.25, 0.3) is 11.1 Å². The fourth-order valence-electron chi connectivity index (χ4n) is 3.92. The Kier molecular flexibility index (Phi) is 8.29. The molecule has 2 aromatic rings. The Morgan fingerprint density at radius 3 is 2.62 bits per heavy atom. The van der Waals surface area contributed by atoms with E-state index in [-0.39, 0.29) is 42.2 Å². The zero-order chi connectivity index (χ0) is 25.0. The first kappa shape index (κ1) is 26.1. The van der Waals surface area contributed by atoms with Crippen molar-refractivity contribution < 1.29 is 23.1 Å². The van der Waals surface area contributed by atoms with Crippen LogP contribution in [0.1, 0.15) is 13.8 Å². The number of aliphatic hydroxyl groups excluding tert-OH is 1. The molecular formula is C24H34N4O5S. The van der Waals surface area contributed by atoms with Gasteiger partial charge in [0, 0.05) is 43.5 Å². The highest BCUT2D eigenvalue weighted by atomic mass is 32.2. The van der Waals surface area contributed by atoms with E-state index in [1.54, 1.807) is 48.3 Å². The molecule has 0 aliphatic carbocycles. The lowest BCUT2D eigenvalue weighted by Crippen LogP contribution is -2.50. The van der Waals surface area contributed by atoms with E-state index < -0.39 is 22.2 Å². The van der Waals surface area contributed by atoms with Crippen LogP contribution in [0.4, 0.5) is 0 Å². The molecule has 186 valence electrons. The van der Waals surface area contributed by atoms with Crippen LogP contribution < -0.4 is 4.74 Å². The second-order valence-electron chi connectivity index (χ2n) is 9.16. The van der Waals surface area contributed by atoms with Gasteiger partial charge in [-0.15, -0.1) is 0 Å². The van der Waals surface area contributed by atoms with Crippen LogP contribution in [0.5, 0.6) is 5.75 Å². The van der Waals surface area contributed by atoms with E-state index in [0.29, 0.717) is 6.54 Å². The quantitative estimate of drug-likeness (QED) is 0.628. The minimum Gasteiger partial charge on any atom is -0.487 e. The van der Waals surface area contributed by atoms with Gasteiger partial charge in [0.05, 0.1) is 19.7 Å². The van der Waals surface area contributed by atoms with Gasteiger partial charge in [0.25, 0.3) is 0 Å². The van der Waals surface area contributed by atoms with E-state index >= 15 is 0 Å². The monoisotopic (exact) mass is 490 g/mol. The van der Waals surface area contributed by atoms with Crippen molar-refractivity contribution in [1.29, 1.82) is 0 Å². The van der Waals surface area contributed by atoms with Gasteiger partial charge < -0.3 is 19.6 Å². The molecule has 1 aromatic heterocycles. The number of carbonyl (C=O) groups is 1. The second kappa shape index (κ2) is 10.8. The molecule has 2 heterocycles. The third-order valence-electron chi connectivity index (χ3n) is 5.99. The van der Waals surface area contributed by atoms with Crippen molar-refractivity contribution in [1.82, 2.24) is 19.1 Å². The molecule has 0 unspecified atom stereocenters. The van der Waals surface area contributed by atoms with E-state index in [1.807, 2.05) is 33.2 Å². The maximum absolute atomic E-state index is 13.6. The number of benzene rings is 1. The minimum atomic E-state index is -3.92. The molecule has 1 N–H and O–H groups in total. The highest BCUT2D eigenvalue weighted by Gasteiger charge is 2.38. The Morgan fingerprint density at radius 2 is 2.00 bits per heavy atom. The molecule has 0 fully saturated rings. The number of ether oxygens (including phenoxy) is 1. The van der Waals surface area contributed by atoms with Gasteiger partial charge in [-0.05, 0) is 44.8 Å². The highest BCUT2D eigenvalue weighted by Crippen LogP contribution is 2.36. The Hall–Kier alpha value is -2.53. The first-order valence-corrected chi connectivity index (χ1v) is 12.7. The van der Waals surface area contributed by atoms with Crippen molar-refractivity contribution in [3.63, 3.8) is 0 Å². The summed E-state index contributed by atoms with van der Waals surface area (Å²) in [6.07, 6.45) is 2.92. The molecule has 0 bridgehead atoms. The number of fused-ring (bicyclic) bond motifs is 1. The van der Waals surface area contributed by atoms with Gasteiger partial charge in [0.1, 0.15) is 16.7 Å². The number of hydrogen-bond acceptors (Lipinski definition) is 7. The van der Waals surface area contributed by atoms with Crippen LogP contribution >= 0.6 is 0 Å². The lowest BCUT2D eigenvalue weighted by molar-refractivity contribution is -0.132. The van der Waals surface area contributed by atoms with E-state index in [0.717, 1.165) is 11.1 Å². The summed E-state index contributed by atoms with van der Waals surface area (Å²) < 4.78 is 34.8. The molecule has 9 nitrogen and oxygen atoms in total. The third kappa shape index (κ3) is 5.75. The molecule has 0 radical (unpaired) electrons. The van der Waals surface area contributed by atoms with Gasteiger partial charge in [-0.2, -0.15) is 4.31 Å². The van der Waals surface area contributed by atoms with Crippen LogP contribution in [0.2, 0.25) is 0 Å². The molecule has 10 heteroatoms. The first-order valence-electron chi connectivity index (χ1n) is 11.3. The average molecular weight is 491 g/mol. The van der Waals surface area contributed by atoms with Crippen LogP contribution in [-0.4, -0.2) is 98.1 Å². The number of aliphatic hydroxyl groups is 1. The number of nitrogens with zero attached hydrogens (tertiary/aromatic N) is 4. The largest absolute Gasteiger partial charge is 0.487 e. The molecule has 1 aliphatic rings. The number of pyridine rings is 1. The Labute approximate surface area is 202 Å². The van der Waals surface area contributed by atoms with Crippen molar-refractivity contribution in [3.8, 4) is 16.9 Å². The SMILES string of the molecule is C[C@@H]1CN([C@H](C)CO)S(=O)(=O)c2ccc(-c3cccnc3)cc2O[C@H]1CN(C)C(=O)CN(C)C. The molecule has 0 saturated carbocycles. The highest BCUT2D eigenvalue weighted by molar-refractivity contribution is 7.89. The zero-order valence-corrected chi connectivity index (χ0v) is 21.2. The predicted molar refractivity (Wildman–Crippen MR) is 130 cm³/mol. The maximum Gasteiger partial charge on any atom is 0.247 e. The third-order valence-corrected chi connectivity index (χ3v) is 8.01. The minimum absolute atomic E-state index is 0.0413. The molecule has 0 spiro atoms. The number of rotatable bonds is 7. The number of likely N-dealkylation sites (N-methyl/N-ethyl adjacent to an activating group) is 2. The van der Waals surface area contributed by atoms with Crippen molar-refractivity contribution >= 4 is 15.9 Å². The molecule has 34 heavy (non-hydrogen) atoms. The van der Waals surface area contributed by atoms with Crippen LogP contribution in [-0.2, 0) is 14.8 Å². The van der Waals surface area contributed by atoms with Crippen molar-refractivity contribution in [3.05, 3.63) is 42.7 Å². The second-order valence-corrected chi connectivity index (χ2v) is 11.0. The van der Waals surface area contributed by atoms with Gasteiger partial charge in [0.15, 0.2) is 0 Å². The average Bonchev–Trinajstić information content (AvgIpc) is 2.80. The normalized spacial score (nSPS) is 21.1. The number of hydrogen-bond donors (Lipinski definition) is 1.